The van der Waals surface area contributed by atoms with Crippen molar-refractivity contribution < 1.29 is 13.9 Å². The standard InChI is InChI=1S/C21H18FN3O2S/c1-13-4-6-16(22)17(8-13)24-11-15(10-23)21-25-18(12-28-21)14-5-7-19(26-2)20(9-14)27-3/h4-9,11-12,24H,1-3H3. The van der Waals surface area contributed by atoms with Crippen molar-refractivity contribution in [3.8, 4) is 28.8 Å². The zero-order chi connectivity index (χ0) is 20.1. The molecule has 2 aromatic carbocycles. The molecule has 0 unspecified atom stereocenters. The van der Waals surface area contributed by atoms with E-state index in [1.165, 1.54) is 23.6 Å². The molecule has 0 aliphatic rings. The molecule has 1 heterocycles. The fraction of sp³-hybridized carbons (Fsp3) is 0.143. The summed E-state index contributed by atoms with van der Waals surface area (Å²) in [5, 5.41) is 14.7. The maximum atomic E-state index is 13.9. The lowest BCUT2D eigenvalue weighted by atomic mass is 10.1. The molecule has 0 aliphatic heterocycles. The number of allylic oxidation sites excluding steroid dienone is 1. The molecule has 0 atom stereocenters. The highest BCUT2D eigenvalue weighted by Gasteiger charge is 2.12. The number of nitrogens with one attached hydrogen (secondary N) is 1. The van der Waals surface area contributed by atoms with Gasteiger partial charge >= 0.3 is 0 Å². The molecule has 3 rings (SSSR count). The Balaban J connectivity index is 1.87. The van der Waals surface area contributed by atoms with Crippen molar-refractivity contribution in [2.75, 3.05) is 19.5 Å². The van der Waals surface area contributed by atoms with Gasteiger partial charge < -0.3 is 14.8 Å². The fourth-order valence-corrected chi connectivity index (χ4v) is 3.36. The third-order valence-electron chi connectivity index (χ3n) is 4.03. The Morgan fingerprint density at radius 3 is 2.68 bits per heavy atom. The normalized spacial score (nSPS) is 11.0. The number of methoxy groups -OCH3 is 2. The first-order valence-electron chi connectivity index (χ1n) is 8.37. The van der Waals surface area contributed by atoms with Crippen molar-refractivity contribution in [3.63, 3.8) is 0 Å². The highest BCUT2D eigenvalue weighted by Crippen LogP contribution is 2.33. The molecule has 142 valence electrons. The number of anilines is 1. The fourth-order valence-electron chi connectivity index (χ4n) is 2.57. The number of aromatic nitrogens is 1. The largest absolute Gasteiger partial charge is 0.493 e. The smallest absolute Gasteiger partial charge is 0.161 e. The van der Waals surface area contributed by atoms with E-state index in [-0.39, 0.29) is 5.82 Å². The van der Waals surface area contributed by atoms with Crippen LogP contribution in [-0.4, -0.2) is 19.2 Å². The van der Waals surface area contributed by atoms with E-state index in [9.17, 15) is 9.65 Å². The minimum atomic E-state index is -0.385. The van der Waals surface area contributed by atoms with Crippen molar-refractivity contribution in [2.45, 2.75) is 6.92 Å². The lowest BCUT2D eigenvalue weighted by Crippen LogP contribution is -1.95. The second-order valence-electron chi connectivity index (χ2n) is 5.91. The van der Waals surface area contributed by atoms with Crippen LogP contribution in [0.25, 0.3) is 16.8 Å². The maximum Gasteiger partial charge on any atom is 0.161 e. The van der Waals surface area contributed by atoms with E-state index in [4.69, 9.17) is 9.47 Å². The molecule has 5 nitrogen and oxygen atoms in total. The average molecular weight is 395 g/mol. The van der Waals surface area contributed by atoms with E-state index in [1.807, 2.05) is 24.4 Å². The summed E-state index contributed by atoms with van der Waals surface area (Å²) in [4.78, 5) is 4.53. The van der Waals surface area contributed by atoms with Gasteiger partial charge in [0.2, 0.25) is 0 Å². The van der Waals surface area contributed by atoms with Gasteiger partial charge in [0.05, 0.1) is 25.6 Å². The molecule has 0 amide bonds. The second kappa shape index (κ2) is 8.55. The summed E-state index contributed by atoms with van der Waals surface area (Å²) in [6, 6.07) is 12.4. The van der Waals surface area contributed by atoms with Crippen LogP contribution in [0.3, 0.4) is 0 Å². The van der Waals surface area contributed by atoms with Crippen LogP contribution in [0.15, 0.2) is 48.0 Å². The number of rotatable bonds is 6. The van der Waals surface area contributed by atoms with Gasteiger partial charge in [-0.25, -0.2) is 9.37 Å². The molecule has 3 aromatic rings. The summed E-state index contributed by atoms with van der Waals surface area (Å²) >= 11 is 1.34. The summed E-state index contributed by atoms with van der Waals surface area (Å²) in [7, 11) is 3.15. The number of thiazole rings is 1. The molecule has 0 bridgehead atoms. The molecular formula is C21H18FN3O2S. The Morgan fingerprint density at radius 1 is 1.18 bits per heavy atom. The van der Waals surface area contributed by atoms with Crippen LogP contribution in [-0.2, 0) is 0 Å². The van der Waals surface area contributed by atoms with Crippen LogP contribution in [0.1, 0.15) is 10.6 Å². The van der Waals surface area contributed by atoms with Gasteiger partial charge in [0, 0.05) is 17.1 Å². The molecule has 1 N–H and O–H groups in total. The van der Waals surface area contributed by atoms with Crippen LogP contribution in [0, 0.1) is 24.1 Å². The van der Waals surface area contributed by atoms with Crippen LogP contribution in [0.2, 0.25) is 0 Å². The van der Waals surface area contributed by atoms with E-state index in [2.05, 4.69) is 16.4 Å². The Kier molecular flexibility index (Phi) is 5.92. The predicted molar refractivity (Wildman–Crippen MR) is 109 cm³/mol. The Bertz CT molecular complexity index is 1070. The molecule has 1 aromatic heterocycles. The van der Waals surface area contributed by atoms with Crippen LogP contribution in [0.5, 0.6) is 11.5 Å². The number of nitrogens with zero attached hydrogens (tertiary/aromatic N) is 2. The van der Waals surface area contributed by atoms with Crippen molar-refractivity contribution >= 4 is 22.6 Å². The van der Waals surface area contributed by atoms with Gasteiger partial charge in [-0.15, -0.1) is 11.3 Å². The minimum Gasteiger partial charge on any atom is -0.493 e. The molecule has 0 saturated carbocycles. The topological polar surface area (TPSA) is 67.2 Å². The molecule has 0 fully saturated rings. The van der Waals surface area contributed by atoms with Gasteiger partial charge in [0.15, 0.2) is 11.5 Å². The van der Waals surface area contributed by atoms with Crippen LogP contribution >= 0.6 is 11.3 Å². The maximum absolute atomic E-state index is 13.9. The van der Waals surface area contributed by atoms with E-state index in [0.29, 0.717) is 33.5 Å². The summed E-state index contributed by atoms with van der Waals surface area (Å²) < 4.78 is 24.4. The lowest BCUT2D eigenvalue weighted by molar-refractivity contribution is 0.355. The lowest BCUT2D eigenvalue weighted by Gasteiger charge is -2.08. The van der Waals surface area contributed by atoms with Crippen LogP contribution < -0.4 is 14.8 Å². The van der Waals surface area contributed by atoms with Gasteiger partial charge in [0.1, 0.15) is 22.5 Å². The third kappa shape index (κ3) is 4.13. The van der Waals surface area contributed by atoms with Crippen molar-refractivity contribution in [2.24, 2.45) is 0 Å². The number of nitriles is 1. The van der Waals surface area contributed by atoms with Crippen LogP contribution in [0.4, 0.5) is 10.1 Å². The first-order chi connectivity index (χ1) is 13.5. The molecule has 0 saturated heterocycles. The number of benzene rings is 2. The number of hydrogen-bond acceptors (Lipinski definition) is 6. The van der Waals surface area contributed by atoms with Crippen molar-refractivity contribution in [1.82, 2.24) is 4.98 Å². The quantitative estimate of drug-likeness (QED) is 0.577. The Labute approximate surface area is 166 Å². The summed E-state index contributed by atoms with van der Waals surface area (Å²) in [6.07, 6.45) is 1.47. The highest BCUT2D eigenvalue weighted by atomic mass is 32.1. The highest BCUT2D eigenvalue weighted by molar-refractivity contribution is 7.11. The SMILES string of the molecule is COc1ccc(-c2csc(C(C#N)=CNc3cc(C)ccc3F)n2)cc1OC. The monoisotopic (exact) mass is 395 g/mol. The first-order valence-corrected chi connectivity index (χ1v) is 9.25. The van der Waals surface area contributed by atoms with Gasteiger partial charge in [-0.3, -0.25) is 0 Å². The van der Waals surface area contributed by atoms with E-state index < -0.39 is 0 Å². The number of halogens is 1. The number of aryl methyl sites for hydroxylation is 1. The minimum absolute atomic E-state index is 0.310. The second-order valence-corrected chi connectivity index (χ2v) is 6.76. The first kappa shape index (κ1) is 19.4. The molecule has 7 heteroatoms. The van der Waals surface area contributed by atoms with E-state index in [0.717, 1.165) is 11.1 Å². The zero-order valence-corrected chi connectivity index (χ0v) is 16.4. The van der Waals surface area contributed by atoms with Gasteiger partial charge in [-0.05, 0) is 42.8 Å². The Hall–Kier alpha value is -3.37. The van der Waals surface area contributed by atoms with E-state index >= 15 is 0 Å². The average Bonchev–Trinajstić information content (AvgIpc) is 3.20. The predicted octanol–water partition coefficient (Wildman–Crippen LogP) is 5.25. The van der Waals surface area contributed by atoms with Crippen molar-refractivity contribution in [1.29, 1.82) is 5.26 Å². The zero-order valence-electron chi connectivity index (χ0n) is 15.6. The molecule has 28 heavy (non-hydrogen) atoms. The summed E-state index contributed by atoms with van der Waals surface area (Å²) in [5.41, 5.74) is 3.10. The molecular weight excluding hydrogens is 377 g/mol. The summed E-state index contributed by atoms with van der Waals surface area (Å²) in [5.74, 6) is 0.843. The Morgan fingerprint density at radius 2 is 1.96 bits per heavy atom. The third-order valence-corrected chi connectivity index (χ3v) is 4.90. The summed E-state index contributed by atoms with van der Waals surface area (Å²) in [6.45, 7) is 1.87. The molecule has 0 spiro atoms. The number of ether oxygens (including phenoxy) is 2. The van der Waals surface area contributed by atoms with E-state index in [1.54, 1.807) is 32.4 Å². The number of hydrogen-bond donors (Lipinski definition) is 1. The van der Waals surface area contributed by atoms with Crippen molar-refractivity contribution in [3.05, 3.63) is 64.4 Å². The molecule has 0 aliphatic carbocycles. The van der Waals surface area contributed by atoms with Gasteiger partial charge in [-0.1, -0.05) is 6.07 Å². The van der Waals surface area contributed by atoms with Gasteiger partial charge in [-0.2, -0.15) is 5.26 Å². The van der Waals surface area contributed by atoms with Gasteiger partial charge in [0.25, 0.3) is 0 Å². The molecule has 0 radical (unpaired) electrons.